The second-order valence-electron chi connectivity index (χ2n) is 4.93. The molecule has 27 heavy (non-hydrogen) atoms. The Kier molecular flexibility index (Phi) is 6.66. The molecule has 0 saturated carbocycles. The number of hydrazone groups is 1. The molecule has 0 radical (unpaired) electrons. The van der Waals surface area contributed by atoms with Crippen molar-refractivity contribution in [3.8, 4) is 11.5 Å². The number of nitrogens with one attached hydrogen (secondary N) is 2. The van der Waals surface area contributed by atoms with Gasteiger partial charge in [-0.2, -0.15) is 15.3 Å². The van der Waals surface area contributed by atoms with Gasteiger partial charge < -0.3 is 15.2 Å². The van der Waals surface area contributed by atoms with Crippen LogP contribution in [0.15, 0.2) is 57.8 Å². The van der Waals surface area contributed by atoms with Crippen LogP contribution in [0.2, 0.25) is 0 Å². The molecule has 2 rings (SSSR count). The molecule has 0 bridgehead atoms. The monoisotopic (exact) mass is 397 g/mol. The number of phenols is 1. The van der Waals surface area contributed by atoms with Crippen molar-refractivity contribution in [2.24, 2.45) is 15.3 Å². The average molecular weight is 397 g/mol. The summed E-state index contributed by atoms with van der Waals surface area (Å²) >= 11 is 4.86. The molecular weight excluding hydrogens is 383 g/mol. The van der Waals surface area contributed by atoms with Crippen LogP contribution < -0.4 is 15.5 Å². The number of azo groups is 1. The summed E-state index contributed by atoms with van der Waals surface area (Å²) in [6, 6.07) is 9.37. The van der Waals surface area contributed by atoms with Crippen molar-refractivity contribution in [2.75, 3.05) is 7.05 Å². The third-order valence-corrected chi connectivity index (χ3v) is 3.25. The zero-order valence-corrected chi connectivity index (χ0v) is 14.7. The maximum absolute atomic E-state index is 12.1. The summed E-state index contributed by atoms with van der Waals surface area (Å²) in [5.41, 5.74) is 3.64. The highest BCUT2D eigenvalue weighted by molar-refractivity contribution is 7.80. The van der Waals surface area contributed by atoms with E-state index in [9.17, 15) is 18.3 Å². The molecule has 3 N–H and O–H groups in total. The number of halogens is 3. The van der Waals surface area contributed by atoms with Crippen molar-refractivity contribution in [3.05, 3.63) is 48.0 Å². The van der Waals surface area contributed by atoms with E-state index in [0.29, 0.717) is 22.1 Å². The Labute approximate surface area is 157 Å². The number of ether oxygens (including phenoxy) is 1. The molecule has 0 aliphatic heterocycles. The Morgan fingerprint density at radius 1 is 1.11 bits per heavy atom. The molecule has 2 aromatic rings. The summed E-state index contributed by atoms with van der Waals surface area (Å²) in [5, 5.41) is 24.5. The SMILES string of the molecule is CNC(=S)NN=Cc1cc(N=Nc2ccc(OC(F)(F)F)cc2)ccc1O. The maximum Gasteiger partial charge on any atom is 0.573 e. The minimum atomic E-state index is -4.75. The number of benzene rings is 2. The second-order valence-corrected chi connectivity index (χ2v) is 5.34. The lowest BCUT2D eigenvalue weighted by Crippen LogP contribution is -2.28. The van der Waals surface area contributed by atoms with Crippen LogP contribution in [-0.4, -0.2) is 29.8 Å². The molecular formula is C16H14F3N5O2S. The molecule has 0 heterocycles. The topological polar surface area (TPSA) is 90.6 Å². The van der Waals surface area contributed by atoms with Crippen LogP contribution in [0.5, 0.6) is 11.5 Å². The number of thiocarbonyl (C=S) groups is 1. The predicted molar refractivity (Wildman–Crippen MR) is 97.8 cm³/mol. The summed E-state index contributed by atoms with van der Waals surface area (Å²) in [6.07, 6.45) is -3.40. The van der Waals surface area contributed by atoms with Crippen molar-refractivity contribution in [3.63, 3.8) is 0 Å². The highest BCUT2D eigenvalue weighted by atomic mass is 32.1. The Hall–Kier alpha value is -3.21. The van der Waals surface area contributed by atoms with Crippen LogP contribution in [0.25, 0.3) is 0 Å². The fourth-order valence-corrected chi connectivity index (χ4v) is 1.81. The van der Waals surface area contributed by atoms with Gasteiger partial charge in [-0.3, -0.25) is 5.43 Å². The maximum atomic E-state index is 12.1. The van der Waals surface area contributed by atoms with E-state index in [1.807, 2.05) is 0 Å². The smallest absolute Gasteiger partial charge is 0.507 e. The van der Waals surface area contributed by atoms with Crippen LogP contribution in [0.1, 0.15) is 5.56 Å². The number of nitrogens with zero attached hydrogens (tertiary/aromatic N) is 3. The van der Waals surface area contributed by atoms with Crippen molar-refractivity contribution in [1.29, 1.82) is 0 Å². The number of aromatic hydroxyl groups is 1. The fourth-order valence-electron chi connectivity index (χ4n) is 1.75. The summed E-state index contributed by atoms with van der Waals surface area (Å²) in [5.74, 6) is -0.375. The van der Waals surface area contributed by atoms with E-state index in [1.165, 1.54) is 36.5 Å². The molecule has 0 unspecified atom stereocenters. The van der Waals surface area contributed by atoms with Gasteiger partial charge in [0.05, 0.1) is 17.6 Å². The molecule has 0 spiro atoms. The zero-order valence-electron chi connectivity index (χ0n) is 13.9. The molecule has 0 amide bonds. The van der Waals surface area contributed by atoms with E-state index in [4.69, 9.17) is 12.2 Å². The van der Waals surface area contributed by atoms with E-state index in [2.05, 4.69) is 30.8 Å². The van der Waals surface area contributed by atoms with Crippen molar-refractivity contribution < 1.29 is 23.0 Å². The van der Waals surface area contributed by atoms with Gasteiger partial charge in [0.15, 0.2) is 5.11 Å². The van der Waals surface area contributed by atoms with Gasteiger partial charge in [0, 0.05) is 12.6 Å². The van der Waals surface area contributed by atoms with Gasteiger partial charge in [0.1, 0.15) is 11.5 Å². The molecule has 11 heteroatoms. The van der Waals surface area contributed by atoms with Gasteiger partial charge in [-0.25, -0.2) is 0 Å². The van der Waals surface area contributed by atoms with E-state index in [0.717, 1.165) is 12.1 Å². The third-order valence-electron chi connectivity index (χ3n) is 2.96. The average Bonchev–Trinajstić information content (AvgIpc) is 2.61. The molecule has 0 saturated heterocycles. The molecule has 0 fully saturated rings. The number of alkyl halides is 3. The van der Waals surface area contributed by atoms with E-state index in [1.54, 1.807) is 7.05 Å². The number of phenolic OH excluding ortho intramolecular Hbond substituents is 1. The summed E-state index contributed by atoms with van der Waals surface area (Å²) in [4.78, 5) is 0. The van der Waals surface area contributed by atoms with E-state index < -0.39 is 6.36 Å². The Balaban J connectivity index is 2.08. The molecule has 142 valence electrons. The largest absolute Gasteiger partial charge is 0.573 e. The lowest BCUT2D eigenvalue weighted by molar-refractivity contribution is -0.274. The standard InChI is InChI=1S/C16H14F3N5O2S/c1-20-15(27)24-21-9-10-8-12(4-7-14(10)25)23-22-11-2-5-13(6-3-11)26-16(17,18)19/h2-9,25H,1H3,(H2,20,24,27). The summed E-state index contributed by atoms with van der Waals surface area (Å²) in [7, 11) is 1.63. The van der Waals surface area contributed by atoms with Gasteiger partial charge in [0.25, 0.3) is 0 Å². The van der Waals surface area contributed by atoms with Crippen LogP contribution in [-0.2, 0) is 0 Å². The van der Waals surface area contributed by atoms with Gasteiger partial charge >= 0.3 is 6.36 Å². The van der Waals surface area contributed by atoms with Gasteiger partial charge in [-0.15, -0.1) is 13.2 Å². The molecule has 2 aromatic carbocycles. The van der Waals surface area contributed by atoms with Crippen molar-refractivity contribution in [2.45, 2.75) is 6.36 Å². The zero-order chi connectivity index (χ0) is 19.9. The minimum Gasteiger partial charge on any atom is -0.507 e. The first-order valence-corrected chi connectivity index (χ1v) is 7.79. The van der Waals surface area contributed by atoms with Crippen LogP contribution in [0.3, 0.4) is 0 Å². The van der Waals surface area contributed by atoms with Crippen LogP contribution in [0.4, 0.5) is 24.5 Å². The quantitative estimate of drug-likeness (QED) is 0.305. The molecule has 0 aliphatic rings. The Morgan fingerprint density at radius 3 is 2.37 bits per heavy atom. The third kappa shape index (κ3) is 6.90. The summed E-state index contributed by atoms with van der Waals surface area (Å²) in [6.45, 7) is 0. The Bertz CT molecular complexity index is 854. The molecule has 0 aromatic heterocycles. The molecule has 0 atom stereocenters. The predicted octanol–water partition coefficient (Wildman–Crippen LogP) is 4.13. The van der Waals surface area contributed by atoms with Crippen molar-refractivity contribution in [1.82, 2.24) is 10.7 Å². The first-order chi connectivity index (χ1) is 12.8. The first kappa shape index (κ1) is 20.1. The fraction of sp³-hybridized carbons (Fsp3) is 0.125. The number of hydrogen-bond acceptors (Lipinski definition) is 6. The molecule has 0 aliphatic carbocycles. The minimum absolute atomic E-state index is 0.0245. The summed E-state index contributed by atoms with van der Waals surface area (Å²) < 4.78 is 40.1. The lowest BCUT2D eigenvalue weighted by Gasteiger charge is -2.08. The lowest BCUT2D eigenvalue weighted by atomic mass is 10.2. The second kappa shape index (κ2) is 8.94. The normalized spacial score (nSPS) is 11.7. The van der Waals surface area contributed by atoms with Crippen molar-refractivity contribution >= 4 is 34.9 Å². The van der Waals surface area contributed by atoms with Gasteiger partial charge in [-0.1, -0.05) is 0 Å². The van der Waals surface area contributed by atoms with E-state index >= 15 is 0 Å². The van der Waals surface area contributed by atoms with Crippen LogP contribution in [0, 0.1) is 0 Å². The molecule has 7 nitrogen and oxygen atoms in total. The first-order valence-electron chi connectivity index (χ1n) is 7.38. The highest BCUT2D eigenvalue weighted by Gasteiger charge is 2.30. The van der Waals surface area contributed by atoms with Gasteiger partial charge in [-0.05, 0) is 54.7 Å². The number of hydrogen-bond donors (Lipinski definition) is 3. The highest BCUT2D eigenvalue weighted by Crippen LogP contribution is 2.27. The van der Waals surface area contributed by atoms with Crippen LogP contribution >= 0.6 is 12.2 Å². The van der Waals surface area contributed by atoms with E-state index in [-0.39, 0.29) is 11.5 Å². The number of rotatable bonds is 5. The van der Waals surface area contributed by atoms with Gasteiger partial charge in [0.2, 0.25) is 0 Å². The Morgan fingerprint density at radius 2 is 1.74 bits per heavy atom.